The van der Waals surface area contributed by atoms with Crippen molar-refractivity contribution in [1.29, 1.82) is 5.26 Å². The van der Waals surface area contributed by atoms with Gasteiger partial charge in [-0.1, -0.05) is 24.3 Å². The van der Waals surface area contributed by atoms with Crippen LogP contribution in [0, 0.1) is 18.3 Å². The van der Waals surface area contributed by atoms with Gasteiger partial charge in [-0.2, -0.15) is 5.26 Å². The molecule has 128 valence electrons. The van der Waals surface area contributed by atoms with Crippen LogP contribution in [0.25, 0.3) is 6.08 Å². The van der Waals surface area contributed by atoms with Crippen molar-refractivity contribution in [3.05, 3.63) is 63.6 Å². The molecule has 0 aliphatic heterocycles. The summed E-state index contributed by atoms with van der Waals surface area (Å²) in [5.74, 6) is 0.283. The van der Waals surface area contributed by atoms with E-state index < -0.39 is 5.91 Å². The summed E-state index contributed by atoms with van der Waals surface area (Å²) in [5, 5.41) is 12.1. The third-order valence-electron chi connectivity index (χ3n) is 3.39. The quantitative estimate of drug-likeness (QED) is 0.563. The van der Waals surface area contributed by atoms with Gasteiger partial charge in [0.2, 0.25) is 0 Å². The molecule has 0 saturated carbocycles. The van der Waals surface area contributed by atoms with Crippen molar-refractivity contribution in [3.8, 4) is 11.8 Å². The van der Waals surface area contributed by atoms with E-state index in [0.29, 0.717) is 5.69 Å². The van der Waals surface area contributed by atoms with Crippen LogP contribution in [0.15, 0.2) is 52.5 Å². The summed E-state index contributed by atoms with van der Waals surface area (Å²) in [7, 11) is 0. The van der Waals surface area contributed by atoms with Gasteiger partial charge < -0.3 is 10.1 Å². The summed E-state index contributed by atoms with van der Waals surface area (Å²) in [6, 6.07) is 14.8. The monoisotopic (exact) mass is 398 g/mol. The normalized spacial score (nSPS) is 11.1. The molecule has 0 aromatic heterocycles. The molecule has 2 aromatic carbocycles. The van der Waals surface area contributed by atoms with Gasteiger partial charge in [0.05, 0.1) is 10.6 Å². The highest BCUT2D eigenvalue weighted by Crippen LogP contribution is 2.28. The van der Waals surface area contributed by atoms with Gasteiger partial charge in [0, 0.05) is 5.69 Å². The molecule has 2 rings (SSSR count). The van der Waals surface area contributed by atoms with Crippen molar-refractivity contribution in [2.45, 2.75) is 26.9 Å². The summed E-state index contributed by atoms with van der Waals surface area (Å²) in [6.07, 6.45) is 1.62. The molecule has 5 heteroatoms. The van der Waals surface area contributed by atoms with E-state index in [1.807, 2.05) is 57.2 Å². The standard InChI is InChI=1S/C20H19BrN2O2/c1-13(2)25-19-9-8-15(11-17(19)21)10-16(12-22)20(24)23-18-7-5-4-6-14(18)3/h4-11,13H,1-3H3,(H,23,24)/b16-10+. The molecule has 0 unspecified atom stereocenters. The molecule has 0 radical (unpaired) electrons. The Bertz CT molecular complexity index is 851. The minimum Gasteiger partial charge on any atom is -0.490 e. The number of amides is 1. The molecule has 0 saturated heterocycles. The van der Waals surface area contributed by atoms with Crippen LogP contribution in [-0.4, -0.2) is 12.0 Å². The van der Waals surface area contributed by atoms with Crippen LogP contribution in [-0.2, 0) is 4.79 Å². The Kier molecular flexibility index (Phi) is 6.37. The van der Waals surface area contributed by atoms with Gasteiger partial charge in [-0.25, -0.2) is 0 Å². The van der Waals surface area contributed by atoms with E-state index in [1.54, 1.807) is 18.2 Å². The zero-order valence-electron chi connectivity index (χ0n) is 14.3. The fraction of sp³-hybridized carbons (Fsp3) is 0.200. The molecule has 4 nitrogen and oxygen atoms in total. The maximum absolute atomic E-state index is 12.4. The van der Waals surface area contributed by atoms with E-state index in [1.165, 1.54) is 0 Å². The molecule has 0 bridgehead atoms. The van der Waals surface area contributed by atoms with E-state index in [2.05, 4.69) is 21.2 Å². The minimum absolute atomic E-state index is 0.0349. The van der Waals surface area contributed by atoms with Crippen LogP contribution >= 0.6 is 15.9 Å². The predicted octanol–water partition coefficient (Wildman–Crippen LogP) is 5.09. The number of nitrogens with one attached hydrogen (secondary N) is 1. The Hall–Kier alpha value is -2.58. The number of anilines is 1. The third kappa shape index (κ3) is 5.20. The molecule has 2 aromatic rings. The van der Waals surface area contributed by atoms with Crippen LogP contribution in [0.4, 0.5) is 5.69 Å². The zero-order valence-corrected chi connectivity index (χ0v) is 15.9. The highest BCUT2D eigenvalue weighted by Gasteiger charge is 2.11. The lowest BCUT2D eigenvalue weighted by Gasteiger charge is -2.12. The van der Waals surface area contributed by atoms with Crippen LogP contribution in [0.2, 0.25) is 0 Å². The van der Waals surface area contributed by atoms with Gasteiger partial charge >= 0.3 is 0 Å². The maximum Gasteiger partial charge on any atom is 0.266 e. The fourth-order valence-electron chi connectivity index (χ4n) is 2.17. The van der Waals surface area contributed by atoms with E-state index in [-0.39, 0.29) is 11.7 Å². The number of nitriles is 1. The van der Waals surface area contributed by atoms with Crippen LogP contribution in [0.1, 0.15) is 25.0 Å². The molecular weight excluding hydrogens is 380 g/mol. The smallest absolute Gasteiger partial charge is 0.266 e. The van der Waals surface area contributed by atoms with Crippen LogP contribution in [0.5, 0.6) is 5.75 Å². The molecule has 25 heavy (non-hydrogen) atoms. The van der Waals surface area contributed by atoms with Crippen LogP contribution in [0.3, 0.4) is 0 Å². The van der Waals surface area contributed by atoms with Gasteiger partial charge in [-0.3, -0.25) is 4.79 Å². The summed E-state index contributed by atoms with van der Waals surface area (Å²) >= 11 is 3.45. The number of para-hydroxylation sites is 1. The van der Waals surface area contributed by atoms with Crippen molar-refractivity contribution in [1.82, 2.24) is 0 Å². The first kappa shape index (κ1) is 18.8. The fourth-order valence-corrected chi connectivity index (χ4v) is 2.66. The number of nitrogens with zero attached hydrogens (tertiary/aromatic N) is 1. The topological polar surface area (TPSA) is 62.1 Å². The lowest BCUT2D eigenvalue weighted by Crippen LogP contribution is -2.14. The Labute approximate surface area is 156 Å². The second-order valence-electron chi connectivity index (χ2n) is 5.80. The first-order chi connectivity index (χ1) is 11.9. The number of hydrogen-bond donors (Lipinski definition) is 1. The lowest BCUT2D eigenvalue weighted by atomic mass is 10.1. The Morgan fingerprint density at radius 2 is 2.00 bits per heavy atom. The molecule has 1 N–H and O–H groups in total. The summed E-state index contributed by atoms with van der Waals surface area (Å²) in [5.41, 5.74) is 2.40. The van der Waals surface area contributed by atoms with Gasteiger partial charge in [0.25, 0.3) is 5.91 Å². The summed E-state index contributed by atoms with van der Waals surface area (Å²) in [6.45, 7) is 5.80. The number of hydrogen-bond acceptors (Lipinski definition) is 3. The van der Waals surface area contributed by atoms with Crippen molar-refractivity contribution < 1.29 is 9.53 Å². The van der Waals surface area contributed by atoms with E-state index in [0.717, 1.165) is 21.3 Å². The van der Waals surface area contributed by atoms with Gasteiger partial charge in [-0.15, -0.1) is 0 Å². The minimum atomic E-state index is -0.435. The zero-order chi connectivity index (χ0) is 18.4. The first-order valence-corrected chi connectivity index (χ1v) is 8.65. The van der Waals surface area contributed by atoms with Crippen molar-refractivity contribution in [3.63, 3.8) is 0 Å². The number of benzene rings is 2. The van der Waals surface area contributed by atoms with Gasteiger partial charge in [0.15, 0.2) is 0 Å². The van der Waals surface area contributed by atoms with Crippen molar-refractivity contribution in [2.24, 2.45) is 0 Å². The third-order valence-corrected chi connectivity index (χ3v) is 4.01. The highest BCUT2D eigenvalue weighted by molar-refractivity contribution is 9.10. The average Bonchev–Trinajstić information content (AvgIpc) is 2.56. The molecule has 0 atom stereocenters. The number of carbonyl (C=O) groups is 1. The number of halogens is 1. The van der Waals surface area contributed by atoms with E-state index in [4.69, 9.17) is 4.74 Å². The predicted molar refractivity (Wildman–Crippen MR) is 103 cm³/mol. The molecule has 1 amide bonds. The van der Waals surface area contributed by atoms with E-state index in [9.17, 15) is 10.1 Å². The summed E-state index contributed by atoms with van der Waals surface area (Å²) < 4.78 is 6.43. The Morgan fingerprint density at radius 3 is 2.60 bits per heavy atom. The second-order valence-corrected chi connectivity index (χ2v) is 6.65. The molecule has 0 heterocycles. The molecule has 0 fully saturated rings. The first-order valence-electron chi connectivity index (χ1n) is 7.85. The second kappa shape index (κ2) is 8.50. The molecular formula is C20H19BrN2O2. The highest BCUT2D eigenvalue weighted by atomic mass is 79.9. The number of aryl methyl sites for hydroxylation is 1. The maximum atomic E-state index is 12.4. The van der Waals surface area contributed by atoms with E-state index >= 15 is 0 Å². The largest absolute Gasteiger partial charge is 0.490 e. The molecule has 0 aliphatic rings. The van der Waals surface area contributed by atoms with Gasteiger partial charge in [-0.05, 0) is 72.1 Å². The van der Waals surface area contributed by atoms with Crippen molar-refractivity contribution in [2.75, 3.05) is 5.32 Å². The van der Waals surface area contributed by atoms with Crippen molar-refractivity contribution >= 4 is 33.6 Å². The Morgan fingerprint density at radius 1 is 1.28 bits per heavy atom. The summed E-state index contributed by atoms with van der Waals surface area (Å²) in [4.78, 5) is 12.4. The van der Waals surface area contributed by atoms with Gasteiger partial charge in [0.1, 0.15) is 17.4 Å². The van der Waals surface area contributed by atoms with Crippen LogP contribution < -0.4 is 10.1 Å². The number of carbonyl (C=O) groups excluding carboxylic acids is 1. The number of ether oxygens (including phenoxy) is 1. The molecule has 0 spiro atoms. The Balaban J connectivity index is 2.22. The molecule has 0 aliphatic carbocycles. The SMILES string of the molecule is Cc1ccccc1NC(=O)/C(C#N)=C/c1ccc(OC(C)C)c(Br)c1. The number of rotatable bonds is 5. The average molecular weight is 399 g/mol. The lowest BCUT2D eigenvalue weighted by molar-refractivity contribution is -0.112.